The molecule has 4 rings (SSSR count). The summed E-state index contributed by atoms with van der Waals surface area (Å²) < 4.78 is 5.74. The monoisotopic (exact) mass is 464 g/mol. The lowest BCUT2D eigenvalue weighted by atomic mass is 9.94. The second-order valence-electron chi connectivity index (χ2n) is 9.16. The molecule has 0 radical (unpaired) electrons. The van der Waals surface area contributed by atoms with Crippen LogP contribution in [-0.4, -0.2) is 43.3 Å². The van der Waals surface area contributed by atoms with Crippen molar-refractivity contribution < 1.29 is 9.53 Å². The van der Waals surface area contributed by atoms with Gasteiger partial charge in [0.1, 0.15) is 11.4 Å². The summed E-state index contributed by atoms with van der Waals surface area (Å²) in [6.07, 6.45) is 1.81. The number of nitrogens with one attached hydrogen (secondary N) is 2. The van der Waals surface area contributed by atoms with Crippen molar-refractivity contribution in [1.29, 1.82) is 0 Å². The first-order valence-corrected chi connectivity index (χ1v) is 11.8. The minimum absolute atomic E-state index is 0.219. The van der Waals surface area contributed by atoms with Gasteiger partial charge in [0.2, 0.25) is 0 Å². The maximum Gasteiger partial charge on any atom is 0.273 e. The molecule has 0 aliphatic carbocycles. The topological polar surface area (TPSA) is 56.8 Å². The Labute approximate surface area is 201 Å². The van der Waals surface area contributed by atoms with Crippen LogP contribution in [0.1, 0.15) is 38.8 Å². The van der Waals surface area contributed by atoms with Crippen LogP contribution in [0.4, 0.5) is 11.4 Å². The molecule has 0 spiro atoms. The lowest BCUT2D eigenvalue weighted by Gasteiger charge is -2.43. The first-order chi connectivity index (χ1) is 15.7. The molecule has 1 fully saturated rings. The number of nitrogens with zero attached hydrogens (tertiary/aromatic N) is 2. The molecule has 0 bridgehead atoms. The van der Waals surface area contributed by atoms with Crippen LogP contribution in [0.5, 0.6) is 5.75 Å². The third-order valence-electron chi connectivity index (χ3n) is 6.31. The third kappa shape index (κ3) is 4.42. The number of anilines is 2. The maximum absolute atomic E-state index is 12.1. The normalized spacial score (nSPS) is 17.0. The van der Waals surface area contributed by atoms with Crippen LogP contribution >= 0.6 is 12.2 Å². The van der Waals surface area contributed by atoms with Crippen molar-refractivity contribution in [3.05, 3.63) is 47.2 Å². The zero-order valence-corrected chi connectivity index (χ0v) is 21.0. The summed E-state index contributed by atoms with van der Waals surface area (Å²) in [7, 11) is 1.69. The highest BCUT2D eigenvalue weighted by Crippen LogP contribution is 2.43. The zero-order chi connectivity index (χ0) is 23.9. The average molecular weight is 465 g/mol. The van der Waals surface area contributed by atoms with Crippen molar-refractivity contribution in [2.75, 3.05) is 30.0 Å². The van der Waals surface area contributed by atoms with Gasteiger partial charge in [0.05, 0.1) is 18.5 Å². The van der Waals surface area contributed by atoms with E-state index in [1.165, 1.54) is 16.9 Å². The Morgan fingerprint density at radius 2 is 1.61 bits per heavy atom. The molecule has 6 nitrogen and oxygen atoms in total. The van der Waals surface area contributed by atoms with Crippen LogP contribution in [0.3, 0.4) is 0 Å². The number of methoxy groups -OCH3 is 1. The van der Waals surface area contributed by atoms with E-state index in [-0.39, 0.29) is 5.91 Å². The van der Waals surface area contributed by atoms with Gasteiger partial charge in [0.25, 0.3) is 5.91 Å². The van der Waals surface area contributed by atoms with Crippen LogP contribution in [0.25, 0.3) is 17.2 Å². The molecule has 0 aromatic heterocycles. The molecular formula is C26H32N4O2S. The maximum atomic E-state index is 12.1. The molecule has 2 N–H and O–H groups in total. The summed E-state index contributed by atoms with van der Waals surface area (Å²) in [6.45, 7) is 13.1. The Balaban J connectivity index is 1.85. The summed E-state index contributed by atoms with van der Waals surface area (Å²) in [5.74, 6) is 0.579. The SMILES string of the molecule is COc1ccc(C=C2NC(=S)NC2=O)cc1-c1cc2c(cc1C)N(C(C)C)CCN2C(C)C. The highest BCUT2D eigenvalue weighted by molar-refractivity contribution is 7.80. The van der Waals surface area contributed by atoms with Crippen LogP contribution in [0, 0.1) is 6.92 Å². The quantitative estimate of drug-likeness (QED) is 0.503. The number of rotatable bonds is 5. The molecule has 1 saturated heterocycles. The molecule has 7 heteroatoms. The number of aryl methyl sites for hydroxylation is 1. The fraction of sp³-hybridized carbons (Fsp3) is 0.385. The predicted octanol–water partition coefficient (Wildman–Crippen LogP) is 4.46. The van der Waals surface area contributed by atoms with E-state index < -0.39 is 0 Å². The fourth-order valence-electron chi connectivity index (χ4n) is 4.64. The second-order valence-corrected chi connectivity index (χ2v) is 9.56. The van der Waals surface area contributed by atoms with Gasteiger partial charge in [-0.2, -0.15) is 0 Å². The summed E-state index contributed by atoms with van der Waals surface area (Å²) in [4.78, 5) is 17.1. The highest BCUT2D eigenvalue weighted by Gasteiger charge is 2.27. The van der Waals surface area contributed by atoms with Gasteiger partial charge in [-0.15, -0.1) is 0 Å². The lowest BCUT2D eigenvalue weighted by Crippen LogP contribution is -2.46. The van der Waals surface area contributed by atoms with Crippen molar-refractivity contribution in [3.8, 4) is 16.9 Å². The molecule has 2 heterocycles. The van der Waals surface area contributed by atoms with E-state index in [1.807, 2.05) is 18.2 Å². The molecule has 0 atom stereocenters. The molecule has 2 aromatic rings. The van der Waals surface area contributed by atoms with Crippen molar-refractivity contribution in [1.82, 2.24) is 10.6 Å². The van der Waals surface area contributed by atoms with E-state index in [1.54, 1.807) is 7.11 Å². The van der Waals surface area contributed by atoms with Gasteiger partial charge < -0.3 is 19.9 Å². The smallest absolute Gasteiger partial charge is 0.273 e. The molecular weight excluding hydrogens is 432 g/mol. The molecule has 1 amide bonds. The molecule has 0 unspecified atom stereocenters. The van der Waals surface area contributed by atoms with Crippen molar-refractivity contribution in [2.45, 2.75) is 46.7 Å². The molecule has 33 heavy (non-hydrogen) atoms. The number of thiocarbonyl (C=S) groups is 1. The first-order valence-electron chi connectivity index (χ1n) is 11.4. The number of ether oxygens (including phenoxy) is 1. The Morgan fingerprint density at radius 3 is 2.15 bits per heavy atom. The Morgan fingerprint density at radius 1 is 0.970 bits per heavy atom. The number of carbonyl (C=O) groups is 1. The number of hydrogen-bond donors (Lipinski definition) is 2. The van der Waals surface area contributed by atoms with E-state index in [9.17, 15) is 4.79 Å². The number of benzene rings is 2. The van der Waals surface area contributed by atoms with Crippen molar-refractivity contribution in [3.63, 3.8) is 0 Å². The average Bonchev–Trinajstić information content (AvgIpc) is 3.08. The van der Waals surface area contributed by atoms with Crippen molar-refractivity contribution in [2.24, 2.45) is 0 Å². The second kappa shape index (κ2) is 9.06. The van der Waals surface area contributed by atoms with E-state index >= 15 is 0 Å². The summed E-state index contributed by atoms with van der Waals surface area (Å²) >= 11 is 5.05. The summed E-state index contributed by atoms with van der Waals surface area (Å²) in [5, 5.41) is 5.85. The Bertz CT molecular complexity index is 1140. The van der Waals surface area contributed by atoms with E-state index in [4.69, 9.17) is 17.0 Å². The van der Waals surface area contributed by atoms with E-state index in [2.05, 4.69) is 73.3 Å². The lowest BCUT2D eigenvalue weighted by molar-refractivity contribution is -0.115. The fourth-order valence-corrected chi connectivity index (χ4v) is 4.84. The molecule has 2 aliphatic heterocycles. The van der Waals surface area contributed by atoms with Crippen molar-refractivity contribution >= 4 is 40.7 Å². The van der Waals surface area contributed by atoms with Crippen LogP contribution < -0.4 is 25.2 Å². The summed E-state index contributed by atoms with van der Waals surface area (Å²) in [5.41, 5.74) is 7.18. The van der Waals surface area contributed by atoms with Gasteiger partial charge in [-0.05, 0) is 93.9 Å². The highest BCUT2D eigenvalue weighted by atomic mass is 32.1. The third-order valence-corrected chi connectivity index (χ3v) is 6.52. The number of fused-ring (bicyclic) bond motifs is 1. The van der Waals surface area contributed by atoms with Gasteiger partial charge in [0.15, 0.2) is 5.11 Å². The minimum Gasteiger partial charge on any atom is -0.496 e. The standard InChI is InChI=1S/C26H32N4O2S/c1-15(2)29-9-10-30(16(3)4)23-14-19(17(5)11-22(23)29)20-12-18(7-8-24(20)32-6)13-21-25(31)28-26(33)27-21/h7-8,11-16H,9-10H2,1-6H3,(H2,27,28,31,33). The first kappa shape index (κ1) is 23.1. The van der Waals surface area contributed by atoms with E-state index in [0.717, 1.165) is 35.5 Å². The largest absolute Gasteiger partial charge is 0.496 e. The molecule has 2 aliphatic rings. The van der Waals surface area contributed by atoms with Crippen LogP contribution in [-0.2, 0) is 4.79 Å². The summed E-state index contributed by atoms with van der Waals surface area (Å²) in [6, 6.07) is 11.4. The van der Waals surface area contributed by atoms with E-state index in [0.29, 0.717) is 22.9 Å². The van der Waals surface area contributed by atoms with Gasteiger partial charge in [-0.25, -0.2) is 0 Å². The Kier molecular flexibility index (Phi) is 6.34. The molecule has 2 aromatic carbocycles. The number of carbonyl (C=O) groups excluding carboxylic acids is 1. The Hall–Kier alpha value is -3.06. The van der Waals surface area contributed by atoms with Gasteiger partial charge in [-0.3, -0.25) is 10.1 Å². The van der Waals surface area contributed by atoms with Gasteiger partial charge in [0, 0.05) is 30.7 Å². The minimum atomic E-state index is -0.219. The molecule has 174 valence electrons. The number of amides is 1. The zero-order valence-electron chi connectivity index (χ0n) is 20.2. The molecule has 0 saturated carbocycles. The van der Waals surface area contributed by atoms with Crippen LogP contribution in [0.2, 0.25) is 0 Å². The predicted molar refractivity (Wildman–Crippen MR) is 140 cm³/mol. The number of hydrogen-bond acceptors (Lipinski definition) is 5. The van der Waals surface area contributed by atoms with Crippen LogP contribution in [0.15, 0.2) is 36.0 Å². The van der Waals surface area contributed by atoms with Gasteiger partial charge in [-0.1, -0.05) is 6.07 Å². The van der Waals surface area contributed by atoms with Gasteiger partial charge >= 0.3 is 0 Å².